The van der Waals surface area contributed by atoms with Crippen molar-refractivity contribution in [1.82, 2.24) is 4.98 Å². The van der Waals surface area contributed by atoms with E-state index in [1.807, 2.05) is 11.3 Å². The highest BCUT2D eigenvalue weighted by molar-refractivity contribution is 7.12. The summed E-state index contributed by atoms with van der Waals surface area (Å²) in [6.07, 6.45) is 5.15. The van der Waals surface area contributed by atoms with Crippen molar-refractivity contribution in [3.63, 3.8) is 0 Å². The standard InChI is InChI=1S/C12H20N2S/c1-8(6-7-13)11-9(2)14-12(15-11)10-4-3-5-10/h8,10H,3-7,13H2,1-2H3. The van der Waals surface area contributed by atoms with Gasteiger partial charge in [-0.3, -0.25) is 0 Å². The zero-order valence-electron chi connectivity index (χ0n) is 9.62. The minimum absolute atomic E-state index is 0.585. The van der Waals surface area contributed by atoms with Crippen LogP contribution in [0.3, 0.4) is 0 Å². The number of aromatic nitrogens is 1. The van der Waals surface area contributed by atoms with E-state index in [9.17, 15) is 0 Å². The Hall–Kier alpha value is -0.410. The average molecular weight is 224 g/mol. The minimum Gasteiger partial charge on any atom is -0.330 e. The van der Waals surface area contributed by atoms with Crippen molar-refractivity contribution in [1.29, 1.82) is 0 Å². The smallest absolute Gasteiger partial charge is 0.0961 e. The van der Waals surface area contributed by atoms with Crippen LogP contribution in [0, 0.1) is 6.92 Å². The van der Waals surface area contributed by atoms with E-state index in [0.717, 1.165) is 18.9 Å². The summed E-state index contributed by atoms with van der Waals surface area (Å²) >= 11 is 1.92. The second-order valence-electron chi connectivity index (χ2n) is 4.61. The Labute approximate surface area is 95.9 Å². The van der Waals surface area contributed by atoms with E-state index in [4.69, 9.17) is 10.7 Å². The molecule has 0 amide bonds. The summed E-state index contributed by atoms with van der Waals surface area (Å²) in [5, 5.41) is 1.37. The van der Waals surface area contributed by atoms with Gasteiger partial charge in [0.2, 0.25) is 0 Å². The second-order valence-corrected chi connectivity index (χ2v) is 5.67. The normalized spacial score (nSPS) is 18.9. The molecule has 84 valence electrons. The lowest BCUT2D eigenvalue weighted by atomic mass is 9.86. The largest absolute Gasteiger partial charge is 0.330 e. The summed E-state index contributed by atoms with van der Waals surface area (Å²) in [5.74, 6) is 1.36. The summed E-state index contributed by atoms with van der Waals surface area (Å²) in [7, 11) is 0. The number of hydrogen-bond donors (Lipinski definition) is 1. The number of aryl methyl sites for hydroxylation is 1. The molecule has 0 aromatic carbocycles. The minimum atomic E-state index is 0.585. The molecule has 0 spiro atoms. The first-order chi connectivity index (χ1) is 7.22. The van der Waals surface area contributed by atoms with Crippen molar-refractivity contribution in [3.05, 3.63) is 15.6 Å². The molecule has 1 fully saturated rings. The van der Waals surface area contributed by atoms with Gasteiger partial charge in [0, 0.05) is 10.8 Å². The lowest BCUT2D eigenvalue weighted by Crippen LogP contribution is -2.07. The van der Waals surface area contributed by atoms with Crippen LogP contribution in [-0.4, -0.2) is 11.5 Å². The molecule has 1 aliphatic carbocycles. The topological polar surface area (TPSA) is 38.9 Å². The van der Waals surface area contributed by atoms with E-state index in [1.54, 1.807) is 0 Å². The Morgan fingerprint density at radius 3 is 2.80 bits per heavy atom. The molecule has 0 aliphatic heterocycles. The summed E-state index contributed by atoms with van der Waals surface area (Å²) in [6, 6.07) is 0. The predicted molar refractivity (Wildman–Crippen MR) is 65.5 cm³/mol. The van der Waals surface area contributed by atoms with Gasteiger partial charge < -0.3 is 5.73 Å². The van der Waals surface area contributed by atoms with Crippen molar-refractivity contribution >= 4 is 11.3 Å². The van der Waals surface area contributed by atoms with Crippen molar-refractivity contribution in [3.8, 4) is 0 Å². The van der Waals surface area contributed by atoms with Gasteiger partial charge in [0.25, 0.3) is 0 Å². The van der Waals surface area contributed by atoms with Gasteiger partial charge in [-0.2, -0.15) is 0 Å². The van der Waals surface area contributed by atoms with E-state index >= 15 is 0 Å². The van der Waals surface area contributed by atoms with Crippen LogP contribution in [0.4, 0.5) is 0 Å². The number of nitrogens with zero attached hydrogens (tertiary/aromatic N) is 1. The number of thiazole rings is 1. The molecule has 0 saturated heterocycles. The highest BCUT2D eigenvalue weighted by atomic mass is 32.1. The zero-order valence-corrected chi connectivity index (χ0v) is 10.4. The fraction of sp³-hybridized carbons (Fsp3) is 0.750. The summed E-state index contributed by atoms with van der Waals surface area (Å²) in [6.45, 7) is 5.18. The number of hydrogen-bond acceptors (Lipinski definition) is 3. The van der Waals surface area contributed by atoms with Gasteiger partial charge in [-0.25, -0.2) is 4.98 Å². The lowest BCUT2D eigenvalue weighted by molar-refractivity contribution is 0.418. The zero-order chi connectivity index (χ0) is 10.8. The maximum atomic E-state index is 5.61. The van der Waals surface area contributed by atoms with E-state index in [-0.39, 0.29) is 0 Å². The Bertz CT molecular complexity index is 328. The Morgan fingerprint density at radius 1 is 1.53 bits per heavy atom. The van der Waals surface area contributed by atoms with Gasteiger partial charge in [0.1, 0.15) is 0 Å². The van der Waals surface area contributed by atoms with Crippen LogP contribution in [0.1, 0.15) is 60.0 Å². The molecule has 2 nitrogen and oxygen atoms in total. The van der Waals surface area contributed by atoms with Crippen molar-refractivity contribution in [2.45, 2.75) is 51.4 Å². The van der Waals surface area contributed by atoms with Crippen LogP contribution >= 0.6 is 11.3 Å². The molecule has 0 radical (unpaired) electrons. The molecule has 1 atom stereocenters. The van der Waals surface area contributed by atoms with Crippen LogP contribution in [0.5, 0.6) is 0 Å². The maximum Gasteiger partial charge on any atom is 0.0961 e. The van der Waals surface area contributed by atoms with Crippen molar-refractivity contribution in [2.75, 3.05) is 6.54 Å². The third-order valence-corrected chi connectivity index (χ3v) is 4.90. The molecular weight excluding hydrogens is 204 g/mol. The van der Waals surface area contributed by atoms with Gasteiger partial charge >= 0.3 is 0 Å². The SMILES string of the molecule is Cc1nc(C2CCC2)sc1C(C)CCN. The summed E-state index contributed by atoms with van der Waals surface area (Å²) in [5.41, 5.74) is 6.84. The highest BCUT2D eigenvalue weighted by Gasteiger charge is 2.24. The first-order valence-electron chi connectivity index (χ1n) is 5.89. The molecule has 1 aromatic rings. The fourth-order valence-corrected chi connectivity index (χ4v) is 3.42. The molecule has 1 aromatic heterocycles. The number of nitrogens with two attached hydrogens (primary N) is 1. The summed E-state index contributed by atoms with van der Waals surface area (Å²) in [4.78, 5) is 6.17. The van der Waals surface area contributed by atoms with Crippen LogP contribution in [-0.2, 0) is 0 Å². The maximum absolute atomic E-state index is 5.61. The molecule has 1 saturated carbocycles. The van der Waals surface area contributed by atoms with Gasteiger partial charge in [-0.15, -0.1) is 11.3 Å². The molecule has 2 N–H and O–H groups in total. The second kappa shape index (κ2) is 4.62. The van der Waals surface area contributed by atoms with Crippen LogP contribution < -0.4 is 5.73 Å². The molecule has 2 rings (SSSR count). The Kier molecular flexibility index (Phi) is 3.42. The van der Waals surface area contributed by atoms with Crippen molar-refractivity contribution < 1.29 is 0 Å². The van der Waals surface area contributed by atoms with Crippen LogP contribution in [0.15, 0.2) is 0 Å². The molecule has 0 bridgehead atoms. The van der Waals surface area contributed by atoms with Gasteiger partial charge in [0.15, 0.2) is 0 Å². The van der Waals surface area contributed by atoms with Crippen LogP contribution in [0.25, 0.3) is 0 Å². The van der Waals surface area contributed by atoms with Gasteiger partial charge in [-0.05, 0) is 38.6 Å². The molecular formula is C12H20N2S. The highest BCUT2D eigenvalue weighted by Crippen LogP contribution is 2.40. The van der Waals surface area contributed by atoms with E-state index in [2.05, 4.69) is 13.8 Å². The fourth-order valence-electron chi connectivity index (χ4n) is 2.10. The third-order valence-electron chi connectivity index (χ3n) is 3.35. The lowest BCUT2D eigenvalue weighted by Gasteiger charge is -2.22. The first-order valence-corrected chi connectivity index (χ1v) is 6.71. The Balaban J connectivity index is 2.13. The van der Waals surface area contributed by atoms with E-state index in [0.29, 0.717) is 5.92 Å². The first kappa shape index (κ1) is 11.1. The van der Waals surface area contributed by atoms with E-state index in [1.165, 1.54) is 34.8 Å². The van der Waals surface area contributed by atoms with Gasteiger partial charge in [0.05, 0.1) is 10.7 Å². The van der Waals surface area contributed by atoms with Gasteiger partial charge in [-0.1, -0.05) is 13.3 Å². The monoisotopic (exact) mass is 224 g/mol. The summed E-state index contributed by atoms with van der Waals surface area (Å²) < 4.78 is 0. The van der Waals surface area contributed by atoms with Crippen LogP contribution in [0.2, 0.25) is 0 Å². The Morgan fingerprint density at radius 2 is 2.27 bits per heavy atom. The van der Waals surface area contributed by atoms with E-state index < -0.39 is 0 Å². The molecule has 1 heterocycles. The third kappa shape index (κ3) is 2.23. The predicted octanol–water partition coefficient (Wildman–Crippen LogP) is 3.17. The molecule has 15 heavy (non-hydrogen) atoms. The molecule has 1 unspecified atom stereocenters. The average Bonchev–Trinajstić information content (AvgIpc) is 2.44. The number of rotatable bonds is 4. The molecule has 3 heteroatoms. The van der Waals surface area contributed by atoms with Crippen molar-refractivity contribution in [2.24, 2.45) is 5.73 Å². The molecule has 1 aliphatic rings. The quantitative estimate of drug-likeness (QED) is 0.853.